The number of amides is 1. The van der Waals surface area contributed by atoms with E-state index in [4.69, 9.17) is 0 Å². The first-order valence-electron chi connectivity index (χ1n) is 11.7. The Kier molecular flexibility index (Phi) is 8.37. The number of aryl methyl sites for hydroxylation is 1. The van der Waals surface area contributed by atoms with Gasteiger partial charge < -0.3 is 15.1 Å². The van der Waals surface area contributed by atoms with E-state index in [-0.39, 0.29) is 10.8 Å². The zero-order valence-corrected chi connectivity index (χ0v) is 21.0. The Morgan fingerprint density at radius 3 is 2.39 bits per heavy atom. The third kappa shape index (κ3) is 5.86. The van der Waals surface area contributed by atoms with Gasteiger partial charge in [0.15, 0.2) is 0 Å². The van der Waals surface area contributed by atoms with Crippen molar-refractivity contribution in [3.63, 3.8) is 0 Å². The van der Waals surface area contributed by atoms with E-state index in [0.29, 0.717) is 18.7 Å². The number of carbonyl (C=O) groups excluding carboxylic acids is 1. The molecule has 1 amide bonds. The van der Waals surface area contributed by atoms with E-state index >= 15 is 0 Å². The molecule has 0 unspecified atom stereocenters. The molecule has 0 spiro atoms. The summed E-state index contributed by atoms with van der Waals surface area (Å²) in [5, 5.41) is 3.02. The molecule has 33 heavy (non-hydrogen) atoms. The molecule has 0 radical (unpaired) electrons. The summed E-state index contributed by atoms with van der Waals surface area (Å²) in [7, 11) is -0.635. The molecule has 0 atom stereocenters. The van der Waals surface area contributed by atoms with Crippen molar-refractivity contribution in [3.05, 3.63) is 53.6 Å². The van der Waals surface area contributed by atoms with Crippen LogP contribution in [-0.4, -0.2) is 65.4 Å². The Morgan fingerprint density at radius 1 is 1.06 bits per heavy atom. The lowest BCUT2D eigenvalue weighted by Gasteiger charge is -2.31. The monoisotopic (exact) mass is 472 g/mol. The Labute approximate surface area is 198 Å². The van der Waals surface area contributed by atoms with Gasteiger partial charge in [0.05, 0.1) is 10.5 Å². The number of hydrogen-bond donors (Lipinski definition) is 1. The molecule has 0 aliphatic carbocycles. The lowest BCUT2D eigenvalue weighted by atomic mass is 10.1. The molecule has 1 saturated heterocycles. The van der Waals surface area contributed by atoms with Crippen LogP contribution in [0.15, 0.2) is 47.4 Å². The van der Waals surface area contributed by atoms with Crippen molar-refractivity contribution < 1.29 is 13.2 Å². The van der Waals surface area contributed by atoms with Gasteiger partial charge in [0, 0.05) is 58.2 Å². The van der Waals surface area contributed by atoms with Crippen molar-refractivity contribution in [2.45, 2.75) is 38.0 Å². The predicted octanol–water partition coefficient (Wildman–Crippen LogP) is 3.49. The molecule has 0 bridgehead atoms. The van der Waals surface area contributed by atoms with Gasteiger partial charge in [-0.25, -0.2) is 12.7 Å². The molecule has 7 nitrogen and oxygen atoms in total. The van der Waals surface area contributed by atoms with E-state index in [1.165, 1.54) is 36.5 Å². The summed E-state index contributed by atoms with van der Waals surface area (Å²) in [5.74, 6) is -0.243. The highest BCUT2D eigenvalue weighted by atomic mass is 32.2. The summed E-state index contributed by atoms with van der Waals surface area (Å²) in [6.45, 7) is 7.88. The van der Waals surface area contributed by atoms with Gasteiger partial charge in [-0.2, -0.15) is 0 Å². The van der Waals surface area contributed by atoms with Crippen LogP contribution >= 0.6 is 0 Å². The minimum atomic E-state index is -3.63. The van der Waals surface area contributed by atoms with Crippen LogP contribution in [0.25, 0.3) is 0 Å². The van der Waals surface area contributed by atoms with Crippen molar-refractivity contribution in [2.75, 3.05) is 56.6 Å². The molecule has 1 heterocycles. The van der Waals surface area contributed by atoms with Gasteiger partial charge in [0.1, 0.15) is 0 Å². The van der Waals surface area contributed by atoms with Gasteiger partial charge in [-0.05, 0) is 62.9 Å². The second-order valence-electron chi connectivity index (χ2n) is 8.64. The average Bonchev–Trinajstić information content (AvgIpc) is 2.82. The first-order valence-corrected chi connectivity index (χ1v) is 13.1. The van der Waals surface area contributed by atoms with Gasteiger partial charge in [-0.3, -0.25) is 4.79 Å². The fourth-order valence-electron chi connectivity index (χ4n) is 4.25. The summed E-state index contributed by atoms with van der Waals surface area (Å²) < 4.78 is 26.6. The number of para-hydroxylation sites is 1. The lowest BCUT2D eigenvalue weighted by Crippen LogP contribution is -2.37. The molecule has 2 aromatic rings. The van der Waals surface area contributed by atoms with Crippen LogP contribution in [0.3, 0.4) is 0 Å². The third-order valence-electron chi connectivity index (χ3n) is 6.19. The fraction of sp³-hybridized carbons (Fsp3) is 0.480. The van der Waals surface area contributed by atoms with Crippen LogP contribution < -0.4 is 15.1 Å². The quantitative estimate of drug-likeness (QED) is 0.605. The standard InChI is InChI=1S/C25H36N4O3S/c1-5-28(23-12-8-7-11-20(23)2)18-15-26-25(30)22-19-21(33(31,32)27(3)4)13-14-24(22)29-16-9-6-10-17-29/h7-8,11-14,19H,5-6,9-10,15-18H2,1-4H3,(H,26,30). The first-order chi connectivity index (χ1) is 15.8. The number of anilines is 2. The number of nitrogens with one attached hydrogen (secondary N) is 1. The van der Waals surface area contributed by atoms with Crippen LogP contribution in [0.5, 0.6) is 0 Å². The maximum absolute atomic E-state index is 13.3. The lowest BCUT2D eigenvalue weighted by molar-refractivity contribution is 0.0955. The van der Waals surface area contributed by atoms with Crippen LogP contribution in [0.4, 0.5) is 11.4 Å². The smallest absolute Gasteiger partial charge is 0.253 e. The maximum Gasteiger partial charge on any atom is 0.253 e. The van der Waals surface area contributed by atoms with E-state index in [1.54, 1.807) is 12.1 Å². The molecule has 1 fully saturated rings. The van der Waals surface area contributed by atoms with E-state index < -0.39 is 10.0 Å². The van der Waals surface area contributed by atoms with Gasteiger partial charge in [-0.15, -0.1) is 0 Å². The number of sulfonamides is 1. The highest BCUT2D eigenvalue weighted by Gasteiger charge is 2.24. The van der Waals surface area contributed by atoms with Crippen LogP contribution in [-0.2, 0) is 10.0 Å². The molecule has 1 N–H and O–H groups in total. The summed E-state index contributed by atoms with van der Waals surface area (Å²) in [6.07, 6.45) is 3.32. The minimum absolute atomic E-state index is 0.133. The number of likely N-dealkylation sites (N-methyl/N-ethyl adjacent to an activating group) is 1. The average molecular weight is 473 g/mol. The van der Waals surface area contributed by atoms with Crippen LogP contribution in [0.2, 0.25) is 0 Å². The Hall–Kier alpha value is -2.58. The second-order valence-corrected chi connectivity index (χ2v) is 10.8. The van der Waals surface area contributed by atoms with Gasteiger partial charge in [-0.1, -0.05) is 18.2 Å². The largest absolute Gasteiger partial charge is 0.371 e. The number of carbonyl (C=O) groups is 1. The Bertz CT molecular complexity index is 1060. The molecule has 1 aliphatic heterocycles. The molecule has 1 aliphatic rings. The topological polar surface area (TPSA) is 73.0 Å². The highest BCUT2D eigenvalue weighted by Crippen LogP contribution is 2.28. The van der Waals surface area contributed by atoms with E-state index in [0.717, 1.165) is 43.9 Å². The summed E-state index contributed by atoms with van der Waals surface area (Å²) in [4.78, 5) is 17.8. The highest BCUT2D eigenvalue weighted by molar-refractivity contribution is 7.89. The van der Waals surface area contributed by atoms with E-state index in [9.17, 15) is 13.2 Å². The number of piperidine rings is 1. The molecular formula is C25H36N4O3S. The Balaban J connectivity index is 1.81. The van der Waals surface area contributed by atoms with Crippen LogP contribution in [0, 0.1) is 6.92 Å². The van der Waals surface area contributed by atoms with Gasteiger partial charge >= 0.3 is 0 Å². The number of rotatable bonds is 9. The molecule has 180 valence electrons. The summed E-state index contributed by atoms with van der Waals surface area (Å²) in [6, 6.07) is 13.1. The van der Waals surface area contributed by atoms with Gasteiger partial charge in [0.2, 0.25) is 10.0 Å². The van der Waals surface area contributed by atoms with Crippen molar-refractivity contribution in [2.24, 2.45) is 0 Å². The predicted molar refractivity (Wildman–Crippen MR) is 135 cm³/mol. The summed E-state index contributed by atoms with van der Waals surface area (Å²) in [5.41, 5.74) is 3.57. The van der Waals surface area contributed by atoms with Crippen molar-refractivity contribution >= 4 is 27.3 Å². The minimum Gasteiger partial charge on any atom is -0.371 e. The fourth-order valence-corrected chi connectivity index (χ4v) is 5.17. The molecule has 0 aromatic heterocycles. The third-order valence-corrected chi connectivity index (χ3v) is 8.00. The second kappa shape index (κ2) is 11.0. The van der Waals surface area contributed by atoms with Crippen molar-refractivity contribution in [1.29, 1.82) is 0 Å². The summed E-state index contributed by atoms with van der Waals surface area (Å²) >= 11 is 0. The molecule has 0 saturated carbocycles. The molecule has 3 rings (SSSR count). The van der Waals surface area contributed by atoms with Gasteiger partial charge in [0.25, 0.3) is 5.91 Å². The van der Waals surface area contributed by atoms with E-state index in [1.807, 2.05) is 12.1 Å². The SMILES string of the molecule is CCN(CCNC(=O)c1cc(S(=O)(=O)N(C)C)ccc1N1CCCCC1)c1ccccc1C. The van der Waals surface area contributed by atoms with Crippen LogP contribution in [0.1, 0.15) is 42.1 Å². The number of nitrogens with zero attached hydrogens (tertiary/aromatic N) is 3. The van der Waals surface area contributed by atoms with Crippen molar-refractivity contribution in [3.8, 4) is 0 Å². The molecule has 2 aromatic carbocycles. The van der Waals surface area contributed by atoms with Crippen molar-refractivity contribution in [1.82, 2.24) is 9.62 Å². The number of benzene rings is 2. The number of hydrogen-bond acceptors (Lipinski definition) is 5. The first kappa shape index (κ1) is 25.1. The molecular weight excluding hydrogens is 436 g/mol. The zero-order chi connectivity index (χ0) is 24.0. The molecule has 8 heteroatoms. The Morgan fingerprint density at radius 2 is 1.76 bits per heavy atom. The maximum atomic E-state index is 13.3. The zero-order valence-electron chi connectivity index (χ0n) is 20.2. The van der Waals surface area contributed by atoms with E-state index in [2.05, 4.69) is 41.1 Å². The normalized spacial score (nSPS) is 14.4.